The van der Waals surface area contributed by atoms with Crippen LogP contribution in [0.15, 0.2) is 0 Å². The molecule has 2 aliphatic heterocycles. The van der Waals surface area contributed by atoms with Gasteiger partial charge in [0.25, 0.3) is 0 Å². The predicted molar refractivity (Wildman–Crippen MR) is 51.8 cm³/mol. The molecule has 3 fully saturated rings. The molecule has 0 aromatic heterocycles. The summed E-state index contributed by atoms with van der Waals surface area (Å²) in [4.78, 5) is 22.7. The highest BCUT2D eigenvalue weighted by Crippen LogP contribution is 2.63. The molecular weight excluding hydrogens is 254 g/mol. The molecule has 3 aliphatic rings. The first-order valence-electron chi connectivity index (χ1n) is 5.67. The average molecular weight is 265 g/mol. The second-order valence-electron chi connectivity index (χ2n) is 5.55. The van der Waals surface area contributed by atoms with E-state index in [2.05, 4.69) is 0 Å². The summed E-state index contributed by atoms with van der Waals surface area (Å²) in [5.74, 6) is -3.66. The van der Waals surface area contributed by atoms with Crippen molar-refractivity contribution in [2.24, 2.45) is 5.92 Å². The maximum atomic E-state index is 12.6. The molecule has 2 heterocycles. The number of alkyl halides is 3. The predicted octanol–water partition coefficient (Wildman–Crippen LogP) is 0.438. The Kier molecular flexibility index (Phi) is 1.98. The third-order valence-electron chi connectivity index (χ3n) is 4.25. The lowest BCUT2D eigenvalue weighted by atomic mass is 9.61. The normalized spacial score (nSPS) is 46.7. The van der Waals surface area contributed by atoms with Crippen molar-refractivity contribution in [1.82, 2.24) is 0 Å². The quantitative estimate of drug-likeness (QED) is 0.645. The lowest BCUT2D eigenvalue weighted by molar-refractivity contribution is -0.794. The van der Waals surface area contributed by atoms with Gasteiger partial charge in [-0.05, 0) is 5.82 Å². The third kappa shape index (κ3) is 1.33. The van der Waals surface area contributed by atoms with Gasteiger partial charge in [0.15, 0.2) is 0 Å². The monoisotopic (exact) mass is 265 g/mol. The van der Waals surface area contributed by atoms with Gasteiger partial charge < -0.3 is 13.7 Å². The van der Waals surface area contributed by atoms with Gasteiger partial charge in [-0.2, -0.15) is 13.2 Å². The van der Waals surface area contributed by atoms with Crippen molar-refractivity contribution < 1.29 is 36.5 Å². The van der Waals surface area contributed by atoms with E-state index in [4.69, 9.17) is 9.31 Å². The molecule has 0 aromatic carbocycles. The maximum absolute atomic E-state index is 12.6. The molecular formula is C9H11BF3NO4. The topological polar surface area (TPSA) is 52.6 Å². The molecule has 3 rings (SSSR count). The van der Waals surface area contributed by atoms with Crippen LogP contribution in [-0.2, 0) is 18.9 Å². The number of rotatable bonds is 1. The van der Waals surface area contributed by atoms with Crippen molar-refractivity contribution in [1.29, 1.82) is 0 Å². The fraction of sp³-hybridized carbons (Fsp3) is 0.778. The minimum absolute atomic E-state index is 0.104. The van der Waals surface area contributed by atoms with Crippen molar-refractivity contribution >= 4 is 18.6 Å². The van der Waals surface area contributed by atoms with Crippen LogP contribution in [0, 0.1) is 5.92 Å². The molecule has 0 bridgehead atoms. The second-order valence-corrected chi connectivity index (χ2v) is 5.55. The second kappa shape index (κ2) is 3.01. The lowest BCUT2D eigenvalue weighted by Gasteiger charge is -2.40. The fourth-order valence-electron chi connectivity index (χ4n) is 3.32. The Morgan fingerprint density at radius 1 is 1.22 bits per heavy atom. The molecule has 0 N–H and O–H groups in total. The van der Waals surface area contributed by atoms with Crippen LogP contribution in [0.5, 0.6) is 0 Å². The van der Waals surface area contributed by atoms with E-state index < -0.39 is 36.5 Å². The van der Waals surface area contributed by atoms with Crippen LogP contribution in [-0.4, -0.2) is 49.3 Å². The van der Waals surface area contributed by atoms with Crippen molar-refractivity contribution in [2.75, 3.05) is 20.1 Å². The van der Waals surface area contributed by atoms with E-state index in [1.54, 1.807) is 7.05 Å². The highest BCUT2D eigenvalue weighted by molar-refractivity contribution is 6.68. The SMILES string of the molecule is C[N+]12CC(=O)O[B-]1([C@H]1C[C@@H]1C(F)(F)F)OC(=O)C2. The molecule has 5 nitrogen and oxygen atoms in total. The zero-order valence-corrected chi connectivity index (χ0v) is 9.57. The highest BCUT2D eigenvalue weighted by atomic mass is 19.4. The van der Waals surface area contributed by atoms with E-state index >= 15 is 0 Å². The van der Waals surface area contributed by atoms with Crippen molar-refractivity contribution in [2.45, 2.75) is 18.4 Å². The van der Waals surface area contributed by atoms with Gasteiger partial charge in [0.2, 0.25) is 0 Å². The number of quaternary nitrogens is 1. The Morgan fingerprint density at radius 2 is 1.72 bits per heavy atom. The van der Waals surface area contributed by atoms with E-state index in [-0.39, 0.29) is 23.9 Å². The van der Waals surface area contributed by atoms with Gasteiger partial charge in [-0.25, -0.2) is 0 Å². The van der Waals surface area contributed by atoms with Gasteiger partial charge in [0, 0.05) is 13.0 Å². The summed E-state index contributed by atoms with van der Waals surface area (Å²) in [7, 11) is 1.54. The molecule has 2 atom stereocenters. The average Bonchev–Trinajstić information content (AvgIpc) is 2.84. The van der Waals surface area contributed by atoms with Crippen molar-refractivity contribution in [3.8, 4) is 0 Å². The zero-order chi connectivity index (χ0) is 13.3. The molecule has 0 amide bonds. The Balaban J connectivity index is 1.94. The highest BCUT2D eigenvalue weighted by Gasteiger charge is 2.77. The van der Waals surface area contributed by atoms with Gasteiger partial charge in [-0.15, -0.1) is 0 Å². The third-order valence-corrected chi connectivity index (χ3v) is 4.25. The number of hydrogen-bond donors (Lipinski definition) is 0. The molecule has 100 valence electrons. The zero-order valence-electron chi connectivity index (χ0n) is 9.57. The summed E-state index contributed by atoms with van der Waals surface area (Å²) in [5.41, 5.74) is 0. The van der Waals surface area contributed by atoms with Gasteiger partial charge in [-0.3, -0.25) is 9.59 Å². The minimum atomic E-state index is -4.34. The van der Waals surface area contributed by atoms with Crippen molar-refractivity contribution in [3.05, 3.63) is 0 Å². The Labute approximate surface area is 100 Å². The lowest BCUT2D eigenvalue weighted by Crippen LogP contribution is -2.61. The summed E-state index contributed by atoms with van der Waals surface area (Å²) >= 11 is 0. The van der Waals surface area contributed by atoms with E-state index in [9.17, 15) is 22.8 Å². The molecule has 0 spiro atoms. The van der Waals surface area contributed by atoms with Gasteiger partial charge >= 0.3 is 24.8 Å². The number of fused-ring (bicyclic) bond motifs is 1. The van der Waals surface area contributed by atoms with E-state index in [1.165, 1.54) is 0 Å². The van der Waals surface area contributed by atoms with E-state index in [0.717, 1.165) is 0 Å². The van der Waals surface area contributed by atoms with Gasteiger partial charge in [0.05, 0.1) is 0 Å². The number of carbonyl (C=O) groups is 2. The van der Waals surface area contributed by atoms with Crippen molar-refractivity contribution in [3.63, 3.8) is 0 Å². The van der Waals surface area contributed by atoms with E-state index in [1.807, 2.05) is 0 Å². The number of nitrogens with zero attached hydrogens (tertiary/aromatic N) is 1. The van der Waals surface area contributed by atoms with Crippen LogP contribution in [0.2, 0.25) is 5.82 Å². The van der Waals surface area contributed by atoms with Crippen LogP contribution in [0.4, 0.5) is 13.2 Å². The summed E-state index contributed by atoms with van der Waals surface area (Å²) in [6.45, 7) is -2.74. The number of carbonyl (C=O) groups excluding carboxylic acids is 2. The first-order chi connectivity index (χ1) is 8.18. The largest absolute Gasteiger partial charge is 0.600 e. The Bertz CT molecular complexity index is 432. The fourth-order valence-corrected chi connectivity index (χ4v) is 3.32. The smallest absolute Gasteiger partial charge is 0.587 e. The summed E-state index contributed by atoms with van der Waals surface area (Å²) in [6.07, 6.45) is -4.48. The molecule has 18 heavy (non-hydrogen) atoms. The Morgan fingerprint density at radius 3 is 2.11 bits per heavy atom. The number of hydrogen-bond acceptors (Lipinski definition) is 4. The van der Waals surface area contributed by atoms with Crippen LogP contribution in [0.3, 0.4) is 0 Å². The molecule has 0 unspecified atom stereocenters. The Hall–Kier alpha value is -1.25. The molecule has 2 saturated heterocycles. The molecule has 0 aromatic rings. The summed E-state index contributed by atoms with van der Waals surface area (Å²) in [5, 5.41) is 0. The standard InChI is InChI=1S/C9H11BF3NO4/c1-14-3-7(15)17-10(14,18-8(16)4-14)6-2-5(6)9(11,12)13/h5-6H,2-4H2,1H3/t5-,6-,10?,14?/m0/s1. The number of halogens is 3. The maximum Gasteiger partial charge on any atom is 0.587 e. The van der Waals surface area contributed by atoms with Crippen LogP contribution in [0.1, 0.15) is 6.42 Å². The first-order valence-corrected chi connectivity index (χ1v) is 5.67. The van der Waals surface area contributed by atoms with Gasteiger partial charge in [0.1, 0.15) is 13.1 Å². The minimum Gasteiger partial charge on any atom is -0.600 e. The van der Waals surface area contributed by atoms with E-state index in [0.29, 0.717) is 0 Å². The molecule has 1 saturated carbocycles. The summed E-state index contributed by atoms with van der Waals surface area (Å²) in [6, 6.07) is 0. The van der Waals surface area contributed by atoms with Gasteiger partial charge in [-0.1, -0.05) is 6.42 Å². The first kappa shape index (κ1) is 11.8. The van der Waals surface area contributed by atoms with Crippen LogP contribution in [0.25, 0.3) is 0 Å². The summed E-state index contributed by atoms with van der Waals surface area (Å²) < 4.78 is 47.8. The van der Waals surface area contributed by atoms with Crippen LogP contribution >= 0.6 is 0 Å². The number of likely N-dealkylation sites (N-methyl/N-ethyl adjacent to an activating group) is 1. The molecule has 0 radical (unpaired) electrons. The van der Waals surface area contributed by atoms with Crippen LogP contribution < -0.4 is 0 Å². The molecule has 1 aliphatic carbocycles. The molecule has 9 heteroatoms.